The molecule has 1 fully saturated rings. The Morgan fingerprint density at radius 3 is 2.71 bits per heavy atom. The Balaban J connectivity index is 1.91. The van der Waals surface area contributed by atoms with Gasteiger partial charge >= 0.3 is 0 Å². The van der Waals surface area contributed by atoms with Crippen molar-refractivity contribution in [1.29, 1.82) is 0 Å². The van der Waals surface area contributed by atoms with Gasteiger partial charge in [-0.1, -0.05) is 19.3 Å². The van der Waals surface area contributed by atoms with Crippen molar-refractivity contribution < 1.29 is 0 Å². The van der Waals surface area contributed by atoms with Crippen LogP contribution in [0.2, 0.25) is 0 Å². The molecule has 0 aromatic heterocycles. The van der Waals surface area contributed by atoms with Gasteiger partial charge in [-0.15, -0.1) is 0 Å². The molecule has 0 spiro atoms. The van der Waals surface area contributed by atoms with Gasteiger partial charge in [0.1, 0.15) is 0 Å². The van der Waals surface area contributed by atoms with Crippen LogP contribution in [-0.2, 0) is 0 Å². The van der Waals surface area contributed by atoms with Gasteiger partial charge in [0.2, 0.25) is 0 Å². The van der Waals surface area contributed by atoms with Crippen molar-refractivity contribution in [2.45, 2.75) is 38.0 Å². The maximum atomic E-state index is 2.45. The van der Waals surface area contributed by atoms with Crippen LogP contribution in [0.1, 0.15) is 43.6 Å². The number of rotatable bonds is 1. The van der Waals surface area contributed by atoms with E-state index < -0.39 is 0 Å². The maximum absolute atomic E-state index is 2.45. The zero-order chi connectivity index (χ0) is 11.8. The van der Waals surface area contributed by atoms with Gasteiger partial charge in [-0.3, -0.25) is 0 Å². The van der Waals surface area contributed by atoms with Gasteiger partial charge in [-0.25, -0.2) is 0 Å². The Morgan fingerprint density at radius 1 is 1.18 bits per heavy atom. The predicted molar refractivity (Wildman–Crippen MR) is 81.7 cm³/mol. The number of halogens is 1. The van der Waals surface area contributed by atoms with E-state index >= 15 is 0 Å². The Hall–Kier alpha value is -0.250. The first-order chi connectivity index (χ1) is 8.25. The Labute approximate surface area is 118 Å². The number of hydrogen-bond acceptors (Lipinski definition) is 1. The van der Waals surface area contributed by atoms with Crippen LogP contribution in [0.15, 0.2) is 18.2 Å². The second-order valence-electron chi connectivity index (χ2n) is 5.59. The van der Waals surface area contributed by atoms with E-state index in [2.05, 4.69) is 52.7 Å². The Morgan fingerprint density at radius 2 is 1.94 bits per heavy atom. The molecule has 92 valence electrons. The van der Waals surface area contributed by atoms with Crippen LogP contribution in [0.5, 0.6) is 0 Å². The topological polar surface area (TPSA) is 3.24 Å². The number of anilines is 1. The van der Waals surface area contributed by atoms with Crippen molar-refractivity contribution >= 4 is 28.3 Å². The molecule has 1 aliphatic carbocycles. The molecule has 3 rings (SSSR count). The summed E-state index contributed by atoms with van der Waals surface area (Å²) in [6.45, 7) is 1.24. The van der Waals surface area contributed by atoms with Crippen LogP contribution in [0.3, 0.4) is 0 Å². The largest absolute Gasteiger partial charge is 0.374 e. The van der Waals surface area contributed by atoms with Crippen molar-refractivity contribution in [3.05, 3.63) is 27.3 Å². The van der Waals surface area contributed by atoms with Crippen molar-refractivity contribution in [3.63, 3.8) is 0 Å². The first kappa shape index (κ1) is 11.8. The fourth-order valence-electron chi connectivity index (χ4n) is 3.60. The summed E-state index contributed by atoms with van der Waals surface area (Å²) >= 11 is 2.44. The van der Waals surface area contributed by atoms with Gasteiger partial charge in [-0.05, 0) is 65.1 Å². The highest BCUT2D eigenvalue weighted by molar-refractivity contribution is 14.1. The molecule has 1 aromatic carbocycles. The molecule has 0 N–H and O–H groups in total. The quantitative estimate of drug-likeness (QED) is 0.684. The van der Waals surface area contributed by atoms with E-state index in [4.69, 9.17) is 0 Å². The van der Waals surface area contributed by atoms with Crippen LogP contribution >= 0.6 is 22.6 Å². The lowest BCUT2D eigenvalue weighted by atomic mass is 9.78. The lowest BCUT2D eigenvalue weighted by Gasteiger charge is -2.27. The van der Waals surface area contributed by atoms with E-state index in [1.54, 1.807) is 5.56 Å². The average molecular weight is 341 g/mol. The molecular formula is C15H20IN. The molecule has 1 aliphatic heterocycles. The van der Waals surface area contributed by atoms with Crippen molar-refractivity contribution in [3.8, 4) is 0 Å². The van der Waals surface area contributed by atoms with Gasteiger partial charge in [0.15, 0.2) is 0 Å². The van der Waals surface area contributed by atoms with Crippen LogP contribution in [0, 0.1) is 9.49 Å². The van der Waals surface area contributed by atoms with Gasteiger partial charge in [0.25, 0.3) is 0 Å². The molecule has 1 saturated carbocycles. The fraction of sp³-hybridized carbons (Fsp3) is 0.600. The zero-order valence-electron chi connectivity index (χ0n) is 10.5. The molecule has 1 aromatic rings. The summed E-state index contributed by atoms with van der Waals surface area (Å²) in [6.07, 6.45) is 7.25. The Kier molecular flexibility index (Phi) is 3.33. The molecule has 1 unspecified atom stereocenters. The number of fused-ring (bicyclic) bond motifs is 1. The minimum atomic E-state index is 0.796. The molecular weight excluding hydrogens is 321 g/mol. The third-order valence-corrected chi connectivity index (χ3v) is 5.16. The molecule has 1 heterocycles. The standard InChI is InChI=1S/C15H20IN/c1-17-10-14(11-5-3-2-4-6-11)13-9-12(16)7-8-15(13)17/h7-9,11,14H,2-6,10H2,1H3. The molecule has 0 saturated heterocycles. The summed E-state index contributed by atoms with van der Waals surface area (Å²) in [5.74, 6) is 1.73. The van der Waals surface area contributed by atoms with Crippen molar-refractivity contribution in [2.75, 3.05) is 18.5 Å². The van der Waals surface area contributed by atoms with Gasteiger partial charge in [0.05, 0.1) is 0 Å². The number of likely N-dealkylation sites (N-methyl/N-ethyl adjacent to an activating group) is 1. The Bertz CT molecular complexity index is 409. The second kappa shape index (κ2) is 4.79. The molecule has 2 heteroatoms. The van der Waals surface area contributed by atoms with Crippen LogP contribution in [0.25, 0.3) is 0 Å². The third-order valence-electron chi connectivity index (χ3n) is 4.49. The SMILES string of the molecule is CN1CC(C2CCCCC2)c2cc(I)ccc21. The van der Waals surface area contributed by atoms with Gasteiger partial charge in [-0.2, -0.15) is 0 Å². The predicted octanol–water partition coefficient (Wildman–Crippen LogP) is 4.40. The first-order valence-electron chi connectivity index (χ1n) is 6.76. The van der Waals surface area contributed by atoms with Crippen LogP contribution < -0.4 is 4.90 Å². The summed E-state index contributed by atoms with van der Waals surface area (Å²) in [4.78, 5) is 2.45. The summed E-state index contributed by atoms with van der Waals surface area (Å²) in [5.41, 5.74) is 3.09. The molecule has 0 amide bonds. The normalized spacial score (nSPS) is 25.1. The van der Waals surface area contributed by atoms with Crippen LogP contribution in [-0.4, -0.2) is 13.6 Å². The maximum Gasteiger partial charge on any atom is 0.0400 e. The number of hydrogen-bond donors (Lipinski definition) is 0. The molecule has 17 heavy (non-hydrogen) atoms. The minimum absolute atomic E-state index is 0.796. The molecule has 1 nitrogen and oxygen atoms in total. The smallest absolute Gasteiger partial charge is 0.0400 e. The number of benzene rings is 1. The third kappa shape index (κ3) is 2.20. The zero-order valence-corrected chi connectivity index (χ0v) is 12.6. The molecule has 2 aliphatic rings. The number of nitrogens with zero attached hydrogens (tertiary/aromatic N) is 1. The van der Waals surface area contributed by atoms with E-state index in [-0.39, 0.29) is 0 Å². The highest BCUT2D eigenvalue weighted by Gasteiger charge is 2.33. The van der Waals surface area contributed by atoms with Crippen molar-refractivity contribution in [2.24, 2.45) is 5.92 Å². The minimum Gasteiger partial charge on any atom is -0.374 e. The summed E-state index contributed by atoms with van der Waals surface area (Å²) < 4.78 is 1.39. The second-order valence-corrected chi connectivity index (χ2v) is 6.83. The summed E-state index contributed by atoms with van der Waals surface area (Å²) in [6, 6.07) is 6.96. The molecule has 1 atom stereocenters. The van der Waals surface area contributed by atoms with E-state index in [0.717, 1.165) is 11.8 Å². The van der Waals surface area contributed by atoms with E-state index in [0.29, 0.717) is 0 Å². The lowest BCUT2D eigenvalue weighted by Crippen LogP contribution is -2.22. The highest BCUT2D eigenvalue weighted by atomic mass is 127. The summed E-state index contributed by atoms with van der Waals surface area (Å²) in [5, 5.41) is 0. The first-order valence-corrected chi connectivity index (χ1v) is 7.84. The van der Waals surface area contributed by atoms with E-state index in [1.165, 1.54) is 47.9 Å². The summed E-state index contributed by atoms with van der Waals surface area (Å²) in [7, 11) is 2.24. The fourth-order valence-corrected chi connectivity index (χ4v) is 4.12. The van der Waals surface area contributed by atoms with E-state index in [9.17, 15) is 0 Å². The average Bonchev–Trinajstić information content (AvgIpc) is 2.67. The van der Waals surface area contributed by atoms with Crippen molar-refractivity contribution in [1.82, 2.24) is 0 Å². The molecule has 0 radical (unpaired) electrons. The monoisotopic (exact) mass is 341 g/mol. The van der Waals surface area contributed by atoms with Crippen LogP contribution in [0.4, 0.5) is 5.69 Å². The molecule has 0 bridgehead atoms. The van der Waals surface area contributed by atoms with Gasteiger partial charge in [0, 0.05) is 28.8 Å². The highest BCUT2D eigenvalue weighted by Crippen LogP contribution is 2.44. The van der Waals surface area contributed by atoms with E-state index in [1.807, 2.05) is 0 Å². The van der Waals surface area contributed by atoms with Gasteiger partial charge < -0.3 is 4.90 Å². The lowest BCUT2D eigenvalue weighted by molar-refractivity contribution is 0.313.